The summed E-state index contributed by atoms with van der Waals surface area (Å²) in [7, 11) is 0. The maximum atomic E-state index is 13.1. The summed E-state index contributed by atoms with van der Waals surface area (Å²) in [4.78, 5) is 10.4. The Balaban J connectivity index is 1.85. The zero-order valence-corrected chi connectivity index (χ0v) is 10.5. The van der Waals surface area contributed by atoms with Crippen LogP contribution in [0.3, 0.4) is 0 Å². The fourth-order valence-corrected chi connectivity index (χ4v) is 3.74. The van der Waals surface area contributed by atoms with Gasteiger partial charge in [-0.3, -0.25) is 0 Å². The van der Waals surface area contributed by atoms with Crippen LogP contribution in [0, 0.1) is 5.82 Å². The molecule has 1 N–H and O–H groups in total. The van der Waals surface area contributed by atoms with E-state index in [1.807, 2.05) is 11.3 Å². The van der Waals surface area contributed by atoms with Crippen molar-refractivity contribution >= 4 is 22.4 Å². The average molecular weight is 258 g/mol. The summed E-state index contributed by atoms with van der Waals surface area (Å²) < 4.78 is 13.1. The number of aromatic nitrogens is 2. The topological polar surface area (TPSA) is 28.7 Å². The van der Waals surface area contributed by atoms with Crippen LogP contribution in [0.25, 0.3) is 21.7 Å². The van der Waals surface area contributed by atoms with Crippen molar-refractivity contribution in [1.82, 2.24) is 9.97 Å². The number of nitrogens with one attached hydrogen (secondary N) is 1. The number of aryl methyl sites for hydroxylation is 2. The first-order valence-corrected chi connectivity index (χ1v) is 6.88. The van der Waals surface area contributed by atoms with Gasteiger partial charge in [0.05, 0.1) is 15.9 Å². The number of halogens is 1. The molecule has 0 saturated carbocycles. The first kappa shape index (κ1) is 10.3. The maximum absolute atomic E-state index is 13.1. The molecule has 0 unspecified atom stereocenters. The minimum atomic E-state index is -0.230. The van der Waals surface area contributed by atoms with E-state index in [1.165, 1.54) is 41.8 Å². The Hall–Kier alpha value is -1.68. The molecule has 0 saturated heterocycles. The molecule has 90 valence electrons. The van der Waals surface area contributed by atoms with E-state index in [9.17, 15) is 4.39 Å². The van der Waals surface area contributed by atoms with Crippen LogP contribution in [0.5, 0.6) is 0 Å². The highest BCUT2D eigenvalue weighted by Gasteiger charge is 2.17. The molecule has 2 aromatic heterocycles. The standard InChI is InChI=1S/C14H11FN2S/c15-9-4-5-10-11(7-9)17-14(16-10)13-6-8-2-1-3-12(8)18-13/h4-7H,1-3H2,(H,16,17). The van der Waals surface area contributed by atoms with Crippen LogP contribution >= 0.6 is 11.3 Å². The lowest BCUT2D eigenvalue weighted by atomic mass is 10.2. The van der Waals surface area contributed by atoms with E-state index < -0.39 is 0 Å². The molecule has 1 aliphatic rings. The second-order valence-electron chi connectivity index (χ2n) is 4.66. The quantitative estimate of drug-likeness (QED) is 0.704. The number of benzene rings is 1. The van der Waals surface area contributed by atoms with Gasteiger partial charge >= 0.3 is 0 Å². The number of imidazole rings is 1. The molecule has 0 atom stereocenters. The number of thiophene rings is 1. The molecular weight excluding hydrogens is 247 g/mol. The Morgan fingerprint density at radius 2 is 2.17 bits per heavy atom. The third-order valence-corrected chi connectivity index (χ3v) is 4.67. The largest absolute Gasteiger partial charge is 0.337 e. The number of rotatable bonds is 1. The number of H-pyrrole nitrogens is 1. The van der Waals surface area contributed by atoms with E-state index in [1.54, 1.807) is 6.07 Å². The molecule has 2 heterocycles. The van der Waals surface area contributed by atoms with Gasteiger partial charge in [-0.2, -0.15) is 0 Å². The van der Waals surface area contributed by atoms with E-state index in [2.05, 4.69) is 16.0 Å². The summed E-state index contributed by atoms with van der Waals surface area (Å²) in [6, 6.07) is 6.88. The Bertz CT molecular complexity index is 720. The lowest BCUT2D eigenvalue weighted by molar-refractivity contribution is 0.629. The van der Waals surface area contributed by atoms with Crippen molar-refractivity contribution < 1.29 is 4.39 Å². The molecule has 0 fully saturated rings. The smallest absolute Gasteiger partial charge is 0.148 e. The van der Waals surface area contributed by atoms with E-state index in [0.29, 0.717) is 0 Å². The fraction of sp³-hybridized carbons (Fsp3) is 0.214. The molecule has 18 heavy (non-hydrogen) atoms. The van der Waals surface area contributed by atoms with Gasteiger partial charge in [-0.05, 0) is 49.1 Å². The lowest BCUT2D eigenvalue weighted by Gasteiger charge is -1.89. The normalized spacial score (nSPS) is 14.3. The van der Waals surface area contributed by atoms with Gasteiger partial charge in [0.2, 0.25) is 0 Å². The third-order valence-electron chi connectivity index (χ3n) is 3.42. The van der Waals surface area contributed by atoms with Gasteiger partial charge in [0.1, 0.15) is 11.6 Å². The van der Waals surface area contributed by atoms with E-state index in [-0.39, 0.29) is 5.82 Å². The molecule has 3 aromatic rings. The van der Waals surface area contributed by atoms with Crippen molar-refractivity contribution in [2.45, 2.75) is 19.3 Å². The van der Waals surface area contributed by atoms with Crippen LogP contribution < -0.4 is 0 Å². The van der Waals surface area contributed by atoms with Crippen LogP contribution in [-0.4, -0.2) is 9.97 Å². The minimum Gasteiger partial charge on any atom is -0.337 e. The van der Waals surface area contributed by atoms with Crippen molar-refractivity contribution in [3.63, 3.8) is 0 Å². The van der Waals surface area contributed by atoms with Crippen molar-refractivity contribution in [1.29, 1.82) is 0 Å². The Labute approximate surface area is 107 Å². The highest BCUT2D eigenvalue weighted by atomic mass is 32.1. The van der Waals surface area contributed by atoms with Crippen LogP contribution in [0.4, 0.5) is 4.39 Å². The molecule has 4 rings (SSSR count). The molecule has 0 radical (unpaired) electrons. The monoisotopic (exact) mass is 258 g/mol. The second kappa shape index (κ2) is 3.65. The summed E-state index contributed by atoms with van der Waals surface area (Å²) in [5.41, 5.74) is 3.04. The minimum absolute atomic E-state index is 0.230. The van der Waals surface area contributed by atoms with Crippen LogP contribution in [0.2, 0.25) is 0 Å². The van der Waals surface area contributed by atoms with Crippen molar-refractivity contribution in [2.24, 2.45) is 0 Å². The molecule has 1 aromatic carbocycles. The lowest BCUT2D eigenvalue weighted by Crippen LogP contribution is -1.75. The van der Waals surface area contributed by atoms with Gasteiger partial charge in [-0.25, -0.2) is 9.37 Å². The predicted octanol–water partition coefficient (Wildman–Crippen LogP) is 3.92. The van der Waals surface area contributed by atoms with E-state index >= 15 is 0 Å². The summed E-state index contributed by atoms with van der Waals surface area (Å²) in [6.07, 6.45) is 3.64. The van der Waals surface area contributed by atoms with E-state index in [4.69, 9.17) is 0 Å². The summed E-state index contributed by atoms with van der Waals surface area (Å²) >= 11 is 1.81. The molecule has 0 amide bonds. The summed E-state index contributed by atoms with van der Waals surface area (Å²) in [5, 5.41) is 0. The number of hydrogen-bond acceptors (Lipinski definition) is 2. The number of fused-ring (bicyclic) bond motifs is 2. The molecule has 0 aliphatic heterocycles. The molecule has 2 nitrogen and oxygen atoms in total. The Morgan fingerprint density at radius 3 is 3.06 bits per heavy atom. The van der Waals surface area contributed by atoms with Gasteiger partial charge < -0.3 is 4.98 Å². The van der Waals surface area contributed by atoms with Gasteiger partial charge in [0.15, 0.2) is 0 Å². The second-order valence-corrected chi connectivity index (χ2v) is 5.80. The van der Waals surface area contributed by atoms with Gasteiger partial charge in [-0.1, -0.05) is 0 Å². The molecule has 4 heteroatoms. The molecule has 0 bridgehead atoms. The maximum Gasteiger partial charge on any atom is 0.148 e. The summed E-state index contributed by atoms with van der Waals surface area (Å²) in [5.74, 6) is 0.626. The SMILES string of the molecule is Fc1ccc2nc(-c3cc4c(s3)CCC4)[nH]c2c1. The zero-order valence-electron chi connectivity index (χ0n) is 9.66. The van der Waals surface area contributed by atoms with E-state index in [0.717, 1.165) is 21.7 Å². The average Bonchev–Trinajstić information content (AvgIpc) is 2.99. The van der Waals surface area contributed by atoms with Crippen LogP contribution in [0.15, 0.2) is 24.3 Å². The molecule has 0 spiro atoms. The zero-order chi connectivity index (χ0) is 12.1. The fourth-order valence-electron chi connectivity index (χ4n) is 2.54. The summed E-state index contributed by atoms with van der Waals surface area (Å²) in [6.45, 7) is 0. The molecule has 1 aliphatic carbocycles. The predicted molar refractivity (Wildman–Crippen MR) is 71.4 cm³/mol. The Kier molecular flexibility index (Phi) is 2.08. The van der Waals surface area contributed by atoms with Crippen molar-refractivity contribution in [2.75, 3.05) is 0 Å². The van der Waals surface area contributed by atoms with Crippen molar-refractivity contribution in [3.05, 3.63) is 40.5 Å². The third kappa shape index (κ3) is 1.49. The Morgan fingerprint density at radius 1 is 1.22 bits per heavy atom. The number of hydrogen-bond donors (Lipinski definition) is 1. The van der Waals surface area contributed by atoms with Gasteiger partial charge in [0.25, 0.3) is 0 Å². The van der Waals surface area contributed by atoms with Crippen LogP contribution in [-0.2, 0) is 12.8 Å². The van der Waals surface area contributed by atoms with Crippen LogP contribution in [0.1, 0.15) is 16.9 Å². The van der Waals surface area contributed by atoms with Gasteiger partial charge in [-0.15, -0.1) is 11.3 Å². The molecular formula is C14H11FN2S. The number of aromatic amines is 1. The first-order chi connectivity index (χ1) is 8.79. The number of nitrogens with zero attached hydrogens (tertiary/aromatic N) is 1. The van der Waals surface area contributed by atoms with Gasteiger partial charge in [0, 0.05) is 4.88 Å². The highest BCUT2D eigenvalue weighted by molar-refractivity contribution is 7.15. The first-order valence-electron chi connectivity index (χ1n) is 6.07. The van der Waals surface area contributed by atoms with Crippen molar-refractivity contribution in [3.8, 4) is 10.7 Å². The highest BCUT2D eigenvalue weighted by Crippen LogP contribution is 2.35.